The van der Waals surface area contributed by atoms with Crippen LogP contribution in [0.2, 0.25) is 0 Å². The highest BCUT2D eigenvalue weighted by Crippen LogP contribution is 2.29. The van der Waals surface area contributed by atoms with E-state index in [-0.39, 0.29) is 24.4 Å². The summed E-state index contributed by atoms with van der Waals surface area (Å²) in [6.45, 7) is -0.102. The third-order valence-corrected chi connectivity index (χ3v) is 8.52. The summed E-state index contributed by atoms with van der Waals surface area (Å²) in [5, 5.41) is 12.9. The number of nitrogens with one attached hydrogen (secondary N) is 1. The van der Waals surface area contributed by atoms with Gasteiger partial charge in [-0.05, 0) is 72.4 Å². The number of halogens is 4. The van der Waals surface area contributed by atoms with Crippen molar-refractivity contribution in [1.82, 2.24) is 9.62 Å². The zero-order valence-electron chi connectivity index (χ0n) is 20.9. The van der Waals surface area contributed by atoms with E-state index >= 15 is 0 Å². The Morgan fingerprint density at radius 2 is 1.59 bits per heavy atom. The Hall–Kier alpha value is -3.28. The number of aliphatic hydroxyl groups excluding tert-OH is 1. The van der Waals surface area contributed by atoms with Gasteiger partial charge in [-0.3, -0.25) is 4.79 Å². The van der Waals surface area contributed by atoms with E-state index in [4.69, 9.17) is 0 Å². The number of aliphatic hydroxyl groups is 1. The number of aryl methyl sites for hydroxylation is 2. The zero-order valence-corrected chi connectivity index (χ0v) is 21.7. The van der Waals surface area contributed by atoms with E-state index in [0.717, 1.165) is 63.8 Å². The van der Waals surface area contributed by atoms with Gasteiger partial charge in [0, 0.05) is 19.5 Å². The maximum absolute atomic E-state index is 13.3. The van der Waals surface area contributed by atoms with E-state index in [9.17, 15) is 35.9 Å². The average molecular weight is 565 g/mol. The fraction of sp³-hybridized carbons (Fsp3) is 0.321. The normalized spacial score (nSPS) is 18.3. The van der Waals surface area contributed by atoms with Crippen LogP contribution in [0.15, 0.2) is 77.7 Å². The first-order valence-electron chi connectivity index (χ1n) is 12.4. The van der Waals surface area contributed by atoms with Crippen LogP contribution in [0.5, 0.6) is 0 Å². The van der Waals surface area contributed by atoms with E-state index in [1.54, 1.807) is 0 Å². The average Bonchev–Trinajstić information content (AvgIpc) is 3.30. The second-order valence-corrected chi connectivity index (χ2v) is 11.4. The second-order valence-electron chi connectivity index (χ2n) is 9.52. The molecule has 1 saturated heterocycles. The predicted molar refractivity (Wildman–Crippen MR) is 136 cm³/mol. The predicted octanol–water partition coefficient (Wildman–Crippen LogP) is 4.46. The monoisotopic (exact) mass is 564 g/mol. The Morgan fingerprint density at radius 3 is 2.26 bits per heavy atom. The third-order valence-electron chi connectivity index (χ3n) is 6.63. The van der Waals surface area contributed by atoms with Crippen LogP contribution in [0, 0.1) is 5.82 Å². The van der Waals surface area contributed by atoms with Crippen molar-refractivity contribution in [2.24, 2.45) is 0 Å². The highest BCUT2D eigenvalue weighted by Gasteiger charge is 2.43. The summed E-state index contributed by atoms with van der Waals surface area (Å²) in [6.07, 6.45) is -3.42. The van der Waals surface area contributed by atoms with Gasteiger partial charge in [0.05, 0.1) is 16.6 Å². The van der Waals surface area contributed by atoms with Crippen LogP contribution in [0.25, 0.3) is 0 Å². The van der Waals surface area contributed by atoms with Gasteiger partial charge in [0.1, 0.15) is 11.9 Å². The zero-order chi connectivity index (χ0) is 28.2. The summed E-state index contributed by atoms with van der Waals surface area (Å²) >= 11 is 0. The molecule has 1 fully saturated rings. The lowest BCUT2D eigenvalue weighted by atomic mass is 10.0. The molecule has 1 heterocycles. The van der Waals surface area contributed by atoms with Crippen molar-refractivity contribution in [3.63, 3.8) is 0 Å². The molecular weight excluding hydrogens is 536 g/mol. The van der Waals surface area contributed by atoms with Gasteiger partial charge in [-0.2, -0.15) is 17.5 Å². The van der Waals surface area contributed by atoms with Gasteiger partial charge in [-0.1, -0.05) is 36.4 Å². The molecule has 2 N–H and O–H groups in total. The molecule has 2 unspecified atom stereocenters. The van der Waals surface area contributed by atoms with Crippen molar-refractivity contribution in [2.45, 2.75) is 55.4 Å². The topological polar surface area (TPSA) is 86.7 Å². The molecule has 0 spiro atoms. The SMILES string of the molecule is O=C(NCc1cccc(CCCc2ccc(C(F)(F)F)cc2)c1)C1CC(O)CN1S(=O)(=O)c1ccc(F)cc1. The first-order chi connectivity index (χ1) is 18.4. The number of hydrogen-bond donors (Lipinski definition) is 2. The summed E-state index contributed by atoms with van der Waals surface area (Å²) in [7, 11) is -4.13. The summed E-state index contributed by atoms with van der Waals surface area (Å²) in [6, 6.07) is 15.8. The van der Waals surface area contributed by atoms with E-state index in [2.05, 4.69) is 5.32 Å². The summed E-state index contributed by atoms with van der Waals surface area (Å²) < 4.78 is 78.5. The van der Waals surface area contributed by atoms with Crippen LogP contribution in [-0.2, 0) is 40.4 Å². The van der Waals surface area contributed by atoms with Gasteiger partial charge in [-0.15, -0.1) is 0 Å². The van der Waals surface area contributed by atoms with E-state index in [0.29, 0.717) is 12.8 Å². The first-order valence-corrected chi connectivity index (χ1v) is 13.8. The fourth-order valence-corrected chi connectivity index (χ4v) is 6.23. The number of sulfonamides is 1. The first kappa shape index (κ1) is 28.7. The van der Waals surface area contributed by atoms with Crippen LogP contribution in [-0.4, -0.2) is 42.4 Å². The van der Waals surface area contributed by atoms with Crippen LogP contribution in [0.4, 0.5) is 17.6 Å². The van der Waals surface area contributed by atoms with Gasteiger partial charge in [-0.25, -0.2) is 12.8 Å². The van der Waals surface area contributed by atoms with Crippen LogP contribution in [0.3, 0.4) is 0 Å². The Morgan fingerprint density at radius 1 is 0.949 bits per heavy atom. The van der Waals surface area contributed by atoms with Crippen LogP contribution in [0.1, 0.15) is 35.1 Å². The number of nitrogens with zero attached hydrogens (tertiary/aromatic N) is 1. The molecule has 3 aromatic carbocycles. The molecule has 2 atom stereocenters. The smallest absolute Gasteiger partial charge is 0.392 e. The Kier molecular flexibility index (Phi) is 8.73. The number of alkyl halides is 3. The largest absolute Gasteiger partial charge is 0.416 e. The number of carbonyl (C=O) groups excluding carboxylic acids is 1. The van der Waals surface area contributed by atoms with Crippen LogP contribution >= 0.6 is 0 Å². The number of β-amino-alcohol motifs (C(OH)–C–C–N with tert-alkyl or cyclic N) is 1. The van der Waals surface area contributed by atoms with Gasteiger partial charge < -0.3 is 10.4 Å². The molecule has 39 heavy (non-hydrogen) atoms. The Bertz CT molecular complexity index is 1390. The lowest BCUT2D eigenvalue weighted by Gasteiger charge is -2.23. The second kappa shape index (κ2) is 11.8. The molecule has 208 valence electrons. The molecule has 1 aliphatic rings. The lowest BCUT2D eigenvalue weighted by molar-refractivity contribution is -0.137. The van der Waals surface area contributed by atoms with Crippen molar-refractivity contribution < 1.29 is 35.9 Å². The number of rotatable bonds is 9. The molecule has 0 aromatic heterocycles. The third kappa shape index (κ3) is 7.23. The van der Waals surface area contributed by atoms with E-state index in [1.807, 2.05) is 24.3 Å². The molecule has 4 rings (SSSR count). The maximum atomic E-state index is 13.3. The maximum Gasteiger partial charge on any atom is 0.416 e. The fourth-order valence-electron chi connectivity index (χ4n) is 4.59. The Labute approximate surface area is 224 Å². The van der Waals surface area contributed by atoms with Crippen LogP contribution < -0.4 is 5.32 Å². The molecule has 6 nitrogen and oxygen atoms in total. The molecule has 0 saturated carbocycles. The number of amides is 1. The van der Waals surface area contributed by atoms with Gasteiger partial charge in [0.15, 0.2) is 0 Å². The molecule has 1 amide bonds. The van der Waals surface area contributed by atoms with Crippen molar-refractivity contribution >= 4 is 15.9 Å². The molecule has 1 aliphatic heterocycles. The highest BCUT2D eigenvalue weighted by atomic mass is 32.2. The van der Waals surface area contributed by atoms with Crippen molar-refractivity contribution in [3.8, 4) is 0 Å². The van der Waals surface area contributed by atoms with Crippen molar-refractivity contribution in [1.29, 1.82) is 0 Å². The van der Waals surface area contributed by atoms with Crippen molar-refractivity contribution in [3.05, 3.63) is 101 Å². The summed E-state index contributed by atoms with van der Waals surface area (Å²) in [5.74, 6) is -1.14. The molecule has 0 radical (unpaired) electrons. The summed E-state index contributed by atoms with van der Waals surface area (Å²) in [4.78, 5) is 12.8. The van der Waals surface area contributed by atoms with E-state index < -0.39 is 45.6 Å². The molecule has 11 heteroatoms. The molecule has 3 aromatic rings. The molecule has 0 bridgehead atoms. The van der Waals surface area contributed by atoms with Gasteiger partial charge in [0.2, 0.25) is 15.9 Å². The Balaban J connectivity index is 1.33. The quantitative estimate of drug-likeness (QED) is 0.376. The van der Waals surface area contributed by atoms with Crippen molar-refractivity contribution in [2.75, 3.05) is 6.54 Å². The number of benzene rings is 3. The summed E-state index contributed by atoms with van der Waals surface area (Å²) in [5.41, 5.74) is 1.92. The minimum atomic E-state index is -4.36. The highest BCUT2D eigenvalue weighted by molar-refractivity contribution is 7.89. The molecular formula is C28H28F4N2O4S. The number of hydrogen-bond acceptors (Lipinski definition) is 4. The lowest BCUT2D eigenvalue weighted by Crippen LogP contribution is -2.45. The van der Waals surface area contributed by atoms with Gasteiger partial charge >= 0.3 is 6.18 Å². The van der Waals surface area contributed by atoms with E-state index in [1.165, 1.54) is 12.1 Å². The minimum Gasteiger partial charge on any atom is -0.392 e. The number of carbonyl (C=O) groups is 1. The molecule has 0 aliphatic carbocycles. The van der Waals surface area contributed by atoms with Gasteiger partial charge in [0.25, 0.3) is 0 Å². The standard InChI is InChI=1S/C28H28F4N2O4S/c29-23-11-13-25(14-12-23)39(37,38)34-18-24(35)16-26(34)27(36)33-17-21-6-2-5-20(15-21)4-1-3-19-7-9-22(10-8-19)28(30,31)32/h2,5-15,24,26,35H,1,3-4,16-18H2,(H,33,36). The minimum absolute atomic E-state index is 0.0593.